The van der Waals surface area contributed by atoms with E-state index in [4.69, 9.17) is 4.74 Å². The Bertz CT molecular complexity index is 1230. The number of aromatic nitrogens is 3. The van der Waals surface area contributed by atoms with Gasteiger partial charge in [0, 0.05) is 59.7 Å². The van der Waals surface area contributed by atoms with E-state index in [-0.39, 0.29) is 22.6 Å². The molecule has 11 heteroatoms. The summed E-state index contributed by atoms with van der Waals surface area (Å²) in [7, 11) is 1.36. The molecule has 0 saturated heterocycles. The van der Waals surface area contributed by atoms with Crippen LogP contribution in [-0.2, 0) is 0 Å². The van der Waals surface area contributed by atoms with Crippen LogP contribution in [0.5, 0.6) is 11.5 Å². The monoisotopic (exact) mass is 655 g/mol. The average Bonchev–Trinajstić information content (AvgIpc) is 3.36. The predicted molar refractivity (Wildman–Crippen MR) is 130 cm³/mol. The number of nitrogens with zero attached hydrogens (tertiary/aromatic N) is 3. The Labute approximate surface area is 195 Å². The minimum atomic E-state index is -0.675. The fourth-order valence-corrected chi connectivity index (χ4v) is 5.36. The van der Waals surface area contributed by atoms with E-state index in [0.29, 0.717) is 29.3 Å². The zero-order valence-electron chi connectivity index (χ0n) is 14.3. The lowest BCUT2D eigenvalue weighted by molar-refractivity contribution is 0.112. The molecule has 0 aliphatic heterocycles. The molecule has 0 aliphatic carbocycles. The van der Waals surface area contributed by atoms with Gasteiger partial charge in [0.1, 0.15) is 11.6 Å². The van der Waals surface area contributed by atoms with Crippen LogP contribution in [0.1, 0.15) is 10.4 Å². The van der Waals surface area contributed by atoms with Crippen LogP contribution in [0.2, 0.25) is 0 Å². The normalized spacial score (nSPS) is 11.6. The number of halogens is 4. The Balaban J connectivity index is 1.78. The summed E-state index contributed by atoms with van der Waals surface area (Å²) < 4.78 is 38.3. The molecule has 0 radical (unpaired) electrons. The first kappa shape index (κ1) is 21.0. The number of benzene rings is 2. The third-order valence-electron chi connectivity index (χ3n) is 4.21. The molecule has 0 saturated carbocycles. The maximum Gasteiger partial charge on any atom is 0.174 e. The fourth-order valence-electron chi connectivity index (χ4n) is 2.91. The topological polar surface area (TPSA) is 49.1 Å². The summed E-state index contributed by atoms with van der Waals surface area (Å²) in [6, 6.07) is 8.81. The molecule has 0 aliphatic rings. The van der Waals surface area contributed by atoms with E-state index < -0.39 is 11.6 Å². The zero-order chi connectivity index (χ0) is 20.5. The molecule has 0 bridgehead atoms. The molecule has 0 N–H and O–H groups in total. The van der Waals surface area contributed by atoms with Crippen LogP contribution in [0.3, 0.4) is 0 Å². The van der Waals surface area contributed by atoms with Gasteiger partial charge in [-0.05, 0) is 52.4 Å². The smallest absolute Gasteiger partial charge is 0.174 e. The number of fused-ring (bicyclic) bond motifs is 1. The van der Waals surface area contributed by atoms with Gasteiger partial charge in [-0.3, -0.25) is 8.77 Å². The number of rotatable bonds is 6. The maximum absolute atomic E-state index is 14.8. The second kappa shape index (κ2) is 8.86. The van der Waals surface area contributed by atoms with Gasteiger partial charge in [0.2, 0.25) is 0 Å². The lowest BCUT2D eigenvalue weighted by Crippen LogP contribution is -1.97. The first-order valence-corrected chi connectivity index (χ1v) is 15.4. The third-order valence-corrected chi connectivity index (χ3v) is 7.85. The van der Waals surface area contributed by atoms with Crippen molar-refractivity contribution in [3.05, 3.63) is 66.0 Å². The number of hydrogen-bond donors (Lipinski definition) is 0. The summed E-state index contributed by atoms with van der Waals surface area (Å²) in [5, 5.41) is 4.88. The number of hydrogen-bond acceptors (Lipinski definition) is 4. The van der Waals surface area contributed by atoms with Crippen molar-refractivity contribution in [2.75, 3.05) is 0 Å². The van der Waals surface area contributed by atoms with Crippen molar-refractivity contribution >= 4 is 75.9 Å². The van der Waals surface area contributed by atoms with Crippen molar-refractivity contribution in [1.82, 2.24) is 13.5 Å². The molecular formula is C18H10F2I2N3O2PS. The van der Waals surface area contributed by atoms with Crippen LogP contribution in [0.4, 0.5) is 8.78 Å². The van der Waals surface area contributed by atoms with E-state index in [2.05, 4.69) is 48.3 Å². The highest BCUT2D eigenvalue weighted by Crippen LogP contribution is 2.37. The molecule has 1 unspecified atom stereocenters. The lowest BCUT2D eigenvalue weighted by Gasteiger charge is -2.12. The van der Waals surface area contributed by atoms with Crippen LogP contribution < -0.4 is 4.74 Å². The molecule has 2 aromatic carbocycles. The molecule has 29 heavy (non-hydrogen) atoms. The Morgan fingerprint density at radius 3 is 2.66 bits per heavy atom. The summed E-state index contributed by atoms with van der Waals surface area (Å²) >= 11 is 4.24. The van der Waals surface area contributed by atoms with E-state index in [1.165, 1.54) is 33.4 Å². The Hall–Kier alpha value is -1.24. The highest BCUT2D eigenvalue weighted by Gasteiger charge is 2.19. The number of ether oxygens (including phenoxy) is 1. The van der Waals surface area contributed by atoms with Gasteiger partial charge in [0.15, 0.2) is 17.9 Å². The molecule has 0 fully saturated rings. The van der Waals surface area contributed by atoms with Gasteiger partial charge in [-0.25, -0.2) is 13.2 Å². The SMILES string of the molecule is O=Cc1c(Oc2ccc(F)c(-c3ccn(PI)n3)c2)c(F)cc2c1ccn2SI. The summed E-state index contributed by atoms with van der Waals surface area (Å²) in [4.78, 5) is 11.7. The van der Waals surface area contributed by atoms with Gasteiger partial charge < -0.3 is 4.74 Å². The zero-order valence-corrected chi connectivity index (χ0v) is 20.4. The second-order valence-electron chi connectivity index (χ2n) is 5.84. The first-order chi connectivity index (χ1) is 14.0. The average molecular weight is 655 g/mol. The summed E-state index contributed by atoms with van der Waals surface area (Å²) in [5.41, 5.74) is 1.35. The largest absolute Gasteiger partial charge is 0.453 e. The van der Waals surface area contributed by atoms with Gasteiger partial charge in [0.25, 0.3) is 0 Å². The van der Waals surface area contributed by atoms with Crippen molar-refractivity contribution in [2.24, 2.45) is 0 Å². The quantitative estimate of drug-likeness (QED) is 0.127. The van der Waals surface area contributed by atoms with Crippen LogP contribution in [-0.4, -0.2) is 19.8 Å². The molecule has 148 valence electrons. The third kappa shape index (κ3) is 4.04. The van der Waals surface area contributed by atoms with Crippen LogP contribution in [0, 0.1) is 11.6 Å². The highest BCUT2D eigenvalue weighted by atomic mass is 127. The molecule has 0 amide bonds. The Morgan fingerprint density at radius 2 is 1.97 bits per heavy atom. The molecule has 5 nitrogen and oxygen atoms in total. The summed E-state index contributed by atoms with van der Waals surface area (Å²) in [5.74, 6) is -1.13. The minimum absolute atomic E-state index is 0.102. The fraction of sp³-hybridized carbons (Fsp3) is 0. The van der Waals surface area contributed by atoms with Gasteiger partial charge in [-0.1, -0.05) is 0 Å². The van der Waals surface area contributed by atoms with Gasteiger partial charge in [-0.2, -0.15) is 5.10 Å². The highest BCUT2D eigenvalue weighted by molar-refractivity contribution is 14.2. The van der Waals surface area contributed by atoms with Gasteiger partial charge in [-0.15, -0.1) is 0 Å². The van der Waals surface area contributed by atoms with E-state index in [0.717, 1.165) is 0 Å². The minimum Gasteiger partial charge on any atom is -0.453 e. The molecule has 1 atom stereocenters. The van der Waals surface area contributed by atoms with Gasteiger partial charge in [0.05, 0.1) is 23.1 Å². The van der Waals surface area contributed by atoms with Crippen molar-refractivity contribution in [3.8, 4) is 22.8 Å². The molecule has 4 aromatic rings. The van der Waals surface area contributed by atoms with Crippen molar-refractivity contribution < 1.29 is 18.3 Å². The van der Waals surface area contributed by atoms with Crippen molar-refractivity contribution in [3.63, 3.8) is 0 Å². The van der Waals surface area contributed by atoms with E-state index in [9.17, 15) is 13.6 Å². The second-order valence-corrected chi connectivity index (χ2v) is 9.62. The molecule has 0 spiro atoms. The molecular weight excluding hydrogens is 645 g/mol. The van der Waals surface area contributed by atoms with Crippen molar-refractivity contribution in [1.29, 1.82) is 0 Å². The molecule has 2 heterocycles. The lowest BCUT2D eigenvalue weighted by atomic mass is 10.1. The van der Waals surface area contributed by atoms with Crippen LogP contribution in [0.15, 0.2) is 48.8 Å². The van der Waals surface area contributed by atoms with Crippen LogP contribution >= 0.6 is 58.7 Å². The van der Waals surface area contributed by atoms with Gasteiger partial charge >= 0.3 is 0 Å². The number of aldehydes is 1. The van der Waals surface area contributed by atoms with Crippen molar-refractivity contribution in [2.45, 2.75) is 0 Å². The standard InChI is InChI=1S/C18H10F2I2N3O2PS/c19-14-2-1-10(7-12(14)16-4-6-25(23-16)28-21)27-18-13(9-26)11-3-5-24(29-22)17(11)8-15(18)20/h1-9,28H. The molecule has 2 aromatic heterocycles. The van der Waals surface area contributed by atoms with E-state index in [1.807, 2.05) is 0 Å². The predicted octanol–water partition coefficient (Wildman–Crippen LogP) is 7.03. The Kier molecular flexibility index (Phi) is 6.42. The Morgan fingerprint density at radius 1 is 1.14 bits per heavy atom. The van der Waals surface area contributed by atoms with E-state index in [1.54, 1.807) is 33.0 Å². The molecule has 4 rings (SSSR count). The maximum atomic E-state index is 14.8. The number of carbonyl (C=O) groups excluding carboxylic acids is 1. The first-order valence-electron chi connectivity index (χ1n) is 8.03. The summed E-state index contributed by atoms with van der Waals surface area (Å²) in [6.07, 6.45) is 4.45. The van der Waals surface area contributed by atoms with E-state index >= 15 is 0 Å². The van der Waals surface area contributed by atoms with Crippen LogP contribution in [0.25, 0.3) is 22.2 Å². The summed E-state index contributed by atoms with van der Waals surface area (Å²) in [6.45, 7) is 0. The number of carbonyl (C=O) groups is 1.